The Hall–Kier alpha value is -0.390. The zero-order chi connectivity index (χ0) is 9.80. The Kier molecular flexibility index (Phi) is 3.55. The number of aromatic nitrogens is 2. The molecule has 72 valence electrons. The second-order valence-electron chi connectivity index (χ2n) is 2.62. The number of nitrogens with zero attached hydrogens (tertiary/aromatic N) is 2. The van der Waals surface area contributed by atoms with E-state index in [-0.39, 0.29) is 0 Å². The van der Waals surface area contributed by atoms with Gasteiger partial charge in [0.1, 0.15) is 5.51 Å². The van der Waals surface area contributed by atoms with Crippen LogP contribution >= 0.6 is 39.0 Å². The van der Waals surface area contributed by atoms with Gasteiger partial charge in [0, 0.05) is 10.2 Å². The van der Waals surface area contributed by atoms with Crippen molar-refractivity contribution < 1.29 is 0 Å². The molecule has 0 saturated heterocycles. The predicted molar refractivity (Wildman–Crippen MR) is 63.6 cm³/mol. The molecule has 1 aromatic heterocycles. The van der Waals surface area contributed by atoms with Gasteiger partial charge in [-0.25, -0.2) is 0 Å². The average Bonchev–Trinajstić information content (AvgIpc) is 2.70. The molecule has 0 aliphatic carbocycles. The summed E-state index contributed by atoms with van der Waals surface area (Å²) >= 11 is 6.70. The Bertz CT molecular complexity index is 386. The van der Waals surface area contributed by atoms with Crippen molar-refractivity contribution in [3.63, 3.8) is 0 Å². The summed E-state index contributed by atoms with van der Waals surface area (Å²) in [4.78, 5) is 0. The summed E-state index contributed by atoms with van der Waals surface area (Å²) in [6.07, 6.45) is 0. The highest BCUT2D eigenvalue weighted by Crippen LogP contribution is 2.24. The number of thioether (sulfide) groups is 1. The Morgan fingerprint density at radius 1 is 1.29 bits per heavy atom. The van der Waals surface area contributed by atoms with Crippen molar-refractivity contribution in [1.82, 2.24) is 10.2 Å². The van der Waals surface area contributed by atoms with Crippen molar-refractivity contribution in [2.45, 2.75) is 10.1 Å². The smallest absolute Gasteiger partial charge is 0.146 e. The fourth-order valence-electron chi connectivity index (χ4n) is 0.952. The first kappa shape index (κ1) is 10.1. The van der Waals surface area contributed by atoms with Gasteiger partial charge >= 0.3 is 0 Å². The molecule has 1 aromatic carbocycles. The summed E-state index contributed by atoms with van der Waals surface area (Å²) in [5.74, 6) is 0.947. The van der Waals surface area contributed by atoms with Crippen LogP contribution in [0.3, 0.4) is 0 Å². The summed E-state index contributed by atoms with van der Waals surface area (Å²) in [6.45, 7) is 0. The highest BCUT2D eigenvalue weighted by Gasteiger charge is 1.98. The minimum atomic E-state index is 0.947. The molecule has 0 unspecified atom stereocenters. The molecule has 0 N–H and O–H groups in total. The van der Waals surface area contributed by atoms with Crippen LogP contribution in [0.4, 0.5) is 0 Å². The molecule has 0 atom stereocenters. The van der Waals surface area contributed by atoms with Crippen LogP contribution in [0.15, 0.2) is 38.6 Å². The first-order chi connectivity index (χ1) is 6.84. The summed E-state index contributed by atoms with van der Waals surface area (Å²) in [5, 5.41) is 7.76. The van der Waals surface area contributed by atoms with Gasteiger partial charge in [-0.3, -0.25) is 0 Å². The highest BCUT2D eigenvalue weighted by atomic mass is 79.9. The van der Waals surface area contributed by atoms with Crippen LogP contribution in [-0.4, -0.2) is 10.2 Å². The normalized spacial score (nSPS) is 10.4. The van der Waals surface area contributed by atoms with E-state index < -0.39 is 0 Å². The Morgan fingerprint density at radius 3 is 2.71 bits per heavy atom. The molecule has 0 aliphatic rings. The molecule has 2 rings (SSSR count). The van der Waals surface area contributed by atoms with E-state index in [0.717, 1.165) is 14.6 Å². The van der Waals surface area contributed by atoms with Crippen molar-refractivity contribution in [3.8, 4) is 0 Å². The minimum Gasteiger partial charge on any atom is -0.146 e. The Morgan fingerprint density at radius 2 is 2.07 bits per heavy atom. The minimum absolute atomic E-state index is 0.947. The van der Waals surface area contributed by atoms with E-state index in [1.807, 2.05) is 0 Å². The van der Waals surface area contributed by atoms with Gasteiger partial charge in [0.2, 0.25) is 0 Å². The first-order valence-corrected chi connectivity index (χ1v) is 6.64. The second-order valence-corrected chi connectivity index (χ2v) is 5.59. The topological polar surface area (TPSA) is 25.8 Å². The molecule has 0 fully saturated rings. The van der Waals surface area contributed by atoms with Crippen LogP contribution < -0.4 is 0 Å². The molecule has 0 spiro atoms. The summed E-state index contributed by atoms with van der Waals surface area (Å²) in [5.41, 5.74) is 3.05. The fourth-order valence-corrected chi connectivity index (χ4v) is 2.66. The average molecular weight is 287 g/mol. The molecule has 2 aromatic rings. The monoisotopic (exact) mass is 286 g/mol. The van der Waals surface area contributed by atoms with E-state index >= 15 is 0 Å². The van der Waals surface area contributed by atoms with E-state index in [4.69, 9.17) is 0 Å². The van der Waals surface area contributed by atoms with Gasteiger partial charge in [-0.1, -0.05) is 51.2 Å². The van der Waals surface area contributed by atoms with Crippen LogP contribution in [0.5, 0.6) is 0 Å². The van der Waals surface area contributed by atoms with Crippen molar-refractivity contribution >= 4 is 39.0 Å². The lowest BCUT2D eigenvalue weighted by Gasteiger charge is -1.98. The first-order valence-electron chi connectivity index (χ1n) is 3.98. The lowest BCUT2D eigenvalue weighted by Crippen LogP contribution is -1.79. The third-order valence-electron chi connectivity index (χ3n) is 1.62. The van der Waals surface area contributed by atoms with E-state index in [1.54, 1.807) is 28.6 Å². The Balaban J connectivity index is 1.95. The zero-order valence-corrected chi connectivity index (χ0v) is 10.4. The van der Waals surface area contributed by atoms with Crippen molar-refractivity contribution in [2.75, 3.05) is 0 Å². The van der Waals surface area contributed by atoms with Crippen LogP contribution in [0.2, 0.25) is 0 Å². The fraction of sp³-hybridized carbons (Fsp3) is 0.111. The third-order valence-corrected chi connectivity index (χ3v) is 4.08. The van der Waals surface area contributed by atoms with Gasteiger partial charge in [-0.2, -0.15) is 0 Å². The van der Waals surface area contributed by atoms with E-state index in [0.29, 0.717) is 0 Å². The summed E-state index contributed by atoms with van der Waals surface area (Å²) in [7, 11) is 0. The van der Waals surface area contributed by atoms with E-state index in [9.17, 15) is 0 Å². The lowest BCUT2D eigenvalue weighted by molar-refractivity contribution is 1.01. The van der Waals surface area contributed by atoms with Gasteiger partial charge in [0.25, 0.3) is 0 Å². The number of hydrogen-bond donors (Lipinski definition) is 0. The SMILES string of the molecule is Brc1ccc(CSc2nncs2)cc1. The molecular weight excluding hydrogens is 280 g/mol. The number of halogens is 1. The highest BCUT2D eigenvalue weighted by molar-refractivity contribution is 9.10. The molecule has 0 amide bonds. The maximum atomic E-state index is 3.97. The van der Waals surface area contributed by atoms with E-state index in [2.05, 4.69) is 50.4 Å². The number of benzene rings is 1. The van der Waals surface area contributed by atoms with Crippen LogP contribution in [0.25, 0.3) is 0 Å². The van der Waals surface area contributed by atoms with Gasteiger partial charge in [0.05, 0.1) is 0 Å². The third kappa shape index (κ3) is 2.80. The maximum Gasteiger partial charge on any atom is 0.174 e. The van der Waals surface area contributed by atoms with Crippen LogP contribution in [0, 0.1) is 0 Å². The maximum absolute atomic E-state index is 3.97. The van der Waals surface area contributed by atoms with Crippen LogP contribution in [-0.2, 0) is 5.75 Å². The molecule has 0 bridgehead atoms. The molecule has 5 heteroatoms. The largest absolute Gasteiger partial charge is 0.174 e. The molecule has 14 heavy (non-hydrogen) atoms. The predicted octanol–water partition coefficient (Wildman–Crippen LogP) is 3.59. The molecule has 0 saturated carbocycles. The molecule has 1 heterocycles. The molecular formula is C9H7BrN2S2. The summed E-state index contributed by atoms with van der Waals surface area (Å²) in [6, 6.07) is 8.32. The van der Waals surface area contributed by atoms with Gasteiger partial charge < -0.3 is 0 Å². The van der Waals surface area contributed by atoms with Gasteiger partial charge in [-0.15, -0.1) is 10.2 Å². The molecule has 0 aliphatic heterocycles. The second kappa shape index (κ2) is 4.91. The summed E-state index contributed by atoms with van der Waals surface area (Å²) < 4.78 is 2.13. The standard InChI is InChI=1S/C9H7BrN2S2/c10-8-3-1-7(2-4-8)5-13-9-12-11-6-14-9/h1-4,6H,5H2. The van der Waals surface area contributed by atoms with Gasteiger partial charge in [0.15, 0.2) is 4.34 Å². The van der Waals surface area contributed by atoms with Crippen molar-refractivity contribution in [3.05, 3.63) is 39.8 Å². The lowest BCUT2D eigenvalue weighted by atomic mass is 10.2. The van der Waals surface area contributed by atoms with E-state index in [1.165, 1.54) is 5.56 Å². The van der Waals surface area contributed by atoms with Gasteiger partial charge in [-0.05, 0) is 17.7 Å². The quantitative estimate of drug-likeness (QED) is 0.807. The molecule has 0 radical (unpaired) electrons. The van der Waals surface area contributed by atoms with Crippen molar-refractivity contribution in [1.29, 1.82) is 0 Å². The Labute approximate surface area is 98.9 Å². The number of rotatable bonds is 3. The molecule has 2 nitrogen and oxygen atoms in total. The van der Waals surface area contributed by atoms with Crippen molar-refractivity contribution in [2.24, 2.45) is 0 Å². The zero-order valence-electron chi connectivity index (χ0n) is 7.18. The van der Waals surface area contributed by atoms with Crippen LogP contribution in [0.1, 0.15) is 5.56 Å². The number of hydrogen-bond acceptors (Lipinski definition) is 4.